The molecule has 3 aromatic rings. The van der Waals surface area contributed by atoms with E-state index in [2.05, 4.69) is 15.5 Å². The van der Waals surface area contributed by atoms with Gasteiger partial charge in [0.1, 0.15) is 5.01 Å². The van der Waals surface area contributed by atoms with Gasteiger partial charge in [-0.2, -0.15) is 13.2 Å². The summed E-state index contributed by atoms with van der Waals surface area (Å²) in [6.45, 7) is 0. The molecule has 0 aliphatic heterocycles. The third kappa shape index (κ3) is 7.81. The highest BCUT2D eigenvalue weighted by Crippen LogP contribution is 2.29. The number of thiophene rings is 1. The number of aromatic nitrogens is 2. The maximum Gasteiger partial charge on any atom is 0.490 e. The number of anilines is 1. The first-order chi connectivity index (χ1) is 15.1. The van der Waals surface area contributed by atoms with Crippen LogP contribution >= 0.6 is 22.7 Å². The number of nitrogens with one attached hydrogen (secondary N) is 1. The first-order valence-electron chi connectivity index (χ1n) is 8.78. The lowest BCUT2D eigenvalue weighted by molar-refractivity contribution is -0.192. The van der Waals surface area contributed by atoms with Gasteiger partial charge in [0.15, 0.2) is 11.5 Å². The number of nitrogens with zero attached hydrogens (tertiary/aromatic N) is 2. The number of alkyl halides is 3. The molecule has 172 valence electrons. The number of amides is 1. The van der Waals surface area contributed by atoms with E-state index in [0.717, 1.165) is 15.4 Å². The summed E-state index contributed by atoms with van der Waals surface area (Å²) in [6.07, 6.45) is -4.12. The molecule has 0 fully saturated rings. The van der Waals surface area contributed by atoms with Gasteiger partial charge in [0.05, 0.1) is 20.6 Å². The summed E-state index contributed by atoms with van der Waals surface area (Å²) in [6, 6.07) is 9.60. The maximum absolute atomic E-state index is 12.0. The molecule has 0 bridgehead atoms. The molecule has 0 saturated heterocycles. The molecular weight excluding hydrogens is 471 g/mol. The van der Waals surface area contributed by atoms with Gasteiger partial charge >= 0.3 is 12.1 Å². The molecule has 32 heavy (non-hydrogen) atoms. The van der Waals surface area contributed by atoms with E-state index in [9.17, 15) is 18.0 Å². The summed E-state index contributed by atoms with van der Waals surface area (Å²) in [5, 5.41) is 21.4. The lowest BCUT2D eigenvalue weighted by atomic mass is 10.1. The minimum absolute atomic E-state index is 0.0868. The lowest BCUT2D eigenvalue weighted by Crippen LogP contribution is -2.21. The maximum atomic E-state index is 12.0. The van der Waals surface area contributed by atoms with E-state index in [-0.39, 0.29) is 5.91 Å². The second kappa shape index (κ2) is 11.4. The Morgan fingerprint density at radius 2 is 1.81 bits per heavy atom. The number of carbonyl (C=O) groups excluding carboxylic acids is 1. The molecule has 2 N–H and O–H groups in total. The molecule has 0 saturated carbocycles. The van der Waals surface area contributed by atoms with Crippen LogP contribution in [0.5, 0.6) is 11.5 Å². The number of carboxylic acids is 1. The molecule has 0 unspecified atom stereocenters. The van der Waals surface area contributed by atoms with Crippen molar-refractivity contribution in [2.75, 3.05) is 19.5 Å². The topological polar surface area (TPSA) is 111 Å². The van der Waals surface area contributed by atoms with Crippen LogP contribution in [0.4, 0.5) is 18.3 Å². The van der Waals surface area contributed by atoms with Crippen LogP contribution in [0.2, 0.25) is 0 Å². The van der Waals surface area contributed by atoms with Gasteiger partial charge in [-0.3, -0.25) is 4.79 Å². The predicted octanol–water partition coefficient (Wildman–Crippen LogP) is 4.02. The third-order valence-corrected chi connectivity index (χ3v) is 5.39. The standard InChI is InChI=1S/C17H17N3O3S2.C2HF3O2/c1-22-13-6-5-11(8-14(13)23-2)9-16-19-20-17(25-16)18-15(21)10-12-4-3-7-24-12;3-2(4,5)1(6)7/h3-8H,9-10H2,1-2H3,(H,18,20,21);(H,6,7). The molecule has 2 aromatic heterocycles. The molecule has 0 aliphatic carbocycles. The summed E-state index contributed by atoms with van der Waals surface area (Å²) in [5.41, 5.74) is 1.03. The fraction of sp³-hybridized carbons (Fsp3) is 0.263. The van der Waals surface area contributed by atoms with Crippen molar-refractivity contribution in [2.45, 2.75) is 19.0 Å². The molecule has 1 amide bonds. The Bertz CT molecular complexity index is 1040. The quantitative estimate of drug-likeness (QED) is 0.516. The molecule has 0 spiro atoms. The molecular formula is C19H18F3N3O5S2. The number of aliphatic carboxylic acids is 1. The van der Waals surface area contributed by atoms with Gasteiger partial charge in [-0.1, -0.05) is 23.5 Å². The highest BCUT2D eigenvalue weighted by molar-refractivity contribution is 7.15. The van der Waals surface area contributed by atoms with Crippen molar-refractivity contribution in [3.05, 3.63) is 51.2 Å². The second-order valence-corrected chi connectivity index (χ2v) is 8.07. The van der Waals surface area contributed by atoms with Gasteiger partial charge in [-0.05, 0) is 29.1 Å². The first kappa shape index (κ1) is 25.1. The van der Waals surface area contributed by atoms with Gasteiger partial charge in [-0.25, -0.2) is 4.79 Å². The summed E-state index contributed by atoms with van der Waals surface area (Å²) in [7, 11) is 3.21. The number of ether oxygens (including phenoxy) is 2. The van der Waals surface area contributed by atoms with Gasteiger partial charge in [-0.15, -0.1) is 21.5 Å². The fourth-order valence-corrected chi connectivity index (χ4v) is 3.77. The first-order valence-corrected chi connectivity index (χ1v) is 10.5. The molecule has 0 radical (unpaired) electrons. The average molecular weight is 489 g/mol. The molecule has 2 heterocycles. The van der Waals surface area contributed by atoms with Crippen LogP contribution in [0, 0.1) is 0 Å². The smallest absolute Gasteiger partial charge is 0.490 e. The molecule has 3 rings (SSSR count). The van der Waals surface area contributed by atoms with Gasteiger partial charge in [0.25, 0.3) is 0 Å². The highest BCUT2D eigenvalue weighted by atomic mass is 32.1. The summed E-state index contributed by atoms with van der Waals surface area (Å²) < 4.78 is 42.3. The third-order valence-electron chi connectivity index (χ3n) is 3.67. The highest BCUT2D eigenvalue weighted by Gasteiger charge is 2.38. The Morgan fingerprint density at radius 3 is 2.38 bits per heavy atom. The van der Waals surface area contributed by atoms with Crippen LogP contribution in [0.3, 0.4) is 0 Å². The van der Waals surface area contributed by atoms with Crippen molar-refractivity contribution in [1.82, 2.24) is 10.2 Å². The van der Waals surface area contributed by atoms with E-state index in [0.29, 0.717) is 29.5 Å². The number of carbonyl (C=O) groups is 2. The van der Waals surface area contributed by atoms with E-state index >= 15 is 0 Å². The fourth-order valence-electron chi connectivity index (χ4n) is 2.28. The molecule has 0 atom stereocenters. The van der Waals surface area contributed by atoms with E-state index in [1.54, 1.807) is 25.6 Å². The number of rotatable bonds is 7. The second-order valence-electron chi connectivity index (χ2n) is 5.97. The number of carboxylic acid groups (broad SMARTS) is 1. The van der Waals surface area contributed by atoms with Crippen molar-refractivity contribution < 1.29 is 37.3 Å². The van der Waals surface area contributed by atoms with Crippen LogP contribution in [0.25, 0.3) is 0 Å². The van der Waals surface area contributed by atoms with E-state index < -0.39 is 12.1 Å². The van der Waals surface area contributed by atoms with Crippen molar-refractivity contribution in [2.24, 2.45) is 0 Å². The number of methoxy groups -OCH3 is 2. The number of hydrogen-bond acceptors (Lipinski definition) is 8. The van der Waals surface area contributed by atoms with Crippen LogP contribution < -0.4 is 14.8 Å². The minimum Gasteiger partial charge on any atom is -0.493 e. The Morgan fingerprint density at radius 1 is 1.12 bits per heavy atom. The van der Waals surface area contributed by atoms with E-state index in [1.165, 1.54) is 11.3 Å². The molecule has 0 aliphatic rings. The zero-order valence-electron chi connectivity index (χ0n) is 16.8. The van der Waals surface area contributed by atoms with E-state index in [1.807, 2.05) is 35.7 Å². The minimum atomic E-state index is -5.08. The van der Waals surface area contributed by atoms with Crippen molar-refractivity contribution in [1.29, 1.82) is 0 Å². The average Bonchev–Trinajstić information content (AvgIpc) is 3.39. The van der Waals surface area contributed by atoms with Gasteiger partial charge < -0.3 is 19.9 Å². The monoisotopic (exact) mass is 489 g/mol. The number of hydrogen-bond donors (Lipinski definition) is 2. The van der Waals surface area contributed by atoms with E-state index in [4.69, 9.17) is 19.4 Å². The van der Waals surface area contributed by atoms with Crippen LogP contribution in [-0.2, 0) is 22.4 Å². The number of halogens is 3. The predicted molar refractivity (Wildman–Crippen MR) is 113 cm³/mol. The zero-order valence-corrected chi connectivity index (χ0v) is 18.4. The lowest BCUT2D eigenvalue weighted by Gasteiger charge is -2.08. The van der Waals surface area contributed by atoms with Gasteiger partial charge in [0, 0.05) is 11.3 Å². The Hall–Kier alpha value is -3.19. The SMILES string of the molecule is COc1ccc(Cc2nnc(NC(=O)Cc3cccs3)s2)cc1OC.O=C(O)C(F)(F)F. The molecule has 13 heteroatoms. The van der Waals surface area contributed by atoms with Crippen molar-refractivity contribution in [3.63, 3.8) is 0 Å². The normalized spacial score (nSPS) is 10.7. The zero-order chi connectivity index (χ0) is 23.7. The largest absolute Gasteiger partial charge is 0.493 e. The van der Waals surface area contributed by atoms with Gasteiger partial charge in [0.2, 0.25) is 11.0 Å². The molecule has 8 nitrogen and oxygen atoms in total. The summed E-state index contributed by atoms with van der Waals surface area (Å²) in [4.78, 5) is 21.9. The molecule has 1 aromatic carbocycles. The number of benzene rings is 1. The van der Waals surface area contributed by atoms with Crippen LogP contribution in [-0.4, -0.2) is 47.6 Å². The Labute approximate surface area is 188 Å². The van der Waals surface area contributed by atoms with Crippen molar-refractivity contribution in [3.8, 4) is 11.5 Å². The summed E-state index contributed by atoms with van der Waals surface area (Å²) in [5.74, 6) is -1.48. The Balaban J connectivity index is 0.000000451. The van der Waals surface area contributed by atoms with Crippen LogP contribution in [0.1, 0.15) is 15.4 Å². The Kier molecular flexibility index (Phi) is 8.96. The van der Waals surface area contributed by atoms with Crippen LogP contribution in [0.15, 0.2) is 35.7 Å². The summed E-state index contributed by atoms with van der Waals surface area (Å²) >= 11 is 2.93. The van der Waals surface area contributed by atoms with Crippen molar-refractivity contribution >= 4 is 39.7 Å².